The van der Waals surface area contributed by atoms with Gasteiger partial charge in [-0.2, -0.15) is 0 Å². The molecule has 0 amide bonds. The van der Waals surface area contributed by atoms with Crippen molar-refractivity contribution in [1.29, 1.82) is 0 Å². The second kappa shape index (κ2) is 5.57. The number of hydrogen-bond donors (Lipinski definition) is 3. The molecule has 126 valence electrons. The molecule has 0 radical (unpaired) electrons. The van der Waals surface area contributed by atoms with Crippen LogP contribution < -0.4 is 0 Å². The van der Waals surface area contributed by atoms with Gasteiger partial charge in [0.15, 0.2) is 0 Å². The summed E-state index contributed by atoms with van der Waals surface area (Å²) in [7, 11) is 0. The van der Waals surface area contributed by atoms with Crippen molar-refractivity contribution in [3.8, 4) is 0 Å². The third-order valence-electron chi connectivity index (χ3n) is 5.36. The van der Waals surface area contributed by atoms with Crippen LogP contribution in [0.1, 0.15) is 32.1 Å². The van der Waals surface area contributed by atoms with E-state index >= 15 is 0 Å². The molecule has 2 heterocycles. The van der Waals surface area contributed by atoms with E-state index in [9.17, 15) is 25.4 Å². The minimum Gasteiger partial charge on any atom is -0.388 e. The molecule has 2 saturated heterocycles. The molecule has 0 spiro atoms. The summed E-state index contributed by atoms with van der Waals surface area (Å²) in [6.45, 7) is -0.128. The van der Waals surface area contributed by atoms with Gasteiger partial charge in [-0.05, 0) is 12.8 Å². The van der Waals surface area contributed by atoms with Gasteiger partial charge in [-0.3, -0.25) is 4.84 Å². The number of aliphatic hydroxyl groups is 3. The van der Waals surface area contributed by atoms with Gasteiger partial charge in [0.25, 0.3) is 5.09 Å². The zero-order chi connectivity index (χ0) is 16.0. The van der Waals surface area contributed by atoms with Crippen molar-refractivity contribution < 1.29 is 34.7 Å². The summed E-state index contributed by atoms with van der Waals surface area (Å²) < 4.78 is 11.0. The molecule has 1 unspecified atom stereocenters. The lowest BCUT2D eigenvalue weighted by atomic mass is 9.61. The van der Waals surface area contributed by atoms with Crippen molar-refractivity contribution in [2.45, 2.75) is 62.3 Å². The van der Waals surface area contributed by atoms with E-state index in [0.29, 0.717) is 25.7 Å². The van der Waals surface area contributed by atoms with Crippen LogP contribution in [-0.2, 0) is 14.3 Å². The number of rotatable bonds is 4. The van der Waals surface area contributed by atoms with Gasteiger partial charge in [-0.1, -0.05) is 19.3 Å². The predicted molar refractivity (Wildman–Crippen MR) is 70.0 cm³/mol. The van der Waals surface area contributed by atoms with Gasteiger partial charge in [0, 0.05) is 0 Å². The Hall–Kier alpha value is -1.00. The summed E-state index contributed by atoms with van der Waals surface area (Å²) in [6.07, 6.45) is -1.07. The minimum atomic E-state index is -1.77. The summed E-state index contributed by atoms with van der Waals surface area (Å²) in [5.41, 5.74) is -2.88. The Balaban J connectivity index is 1.93. The molecule has 0 bridgehead atoms. The van der Waals surface area contributed by atoms with Crippen LogP contribution in [0.25, 0.3) is 0 Å². The quantitative estimate of drug-likeness (QED) is 0.354. The van der Waals surface area contributed by atoms with Crippen molar-refractivity contribution >= 4 is 0 Å². The second-order valence-corrected chi connectivity index (χ2v) is 6.42. The first kappa shape index (κ1) is 15.9. The molecule has 3 fully saturated rings. The summed E-state index contributed by atoms with van der Waals surface area (Å²) >= 11 is 0. The first-order chi connectivity index (χ1) is 10.4. The van der Waals surface area contributed by atoms with Gasteiger partial charge >= 0.3 is 0 Å². The van der Waals surface area contributed by atoms with Crippen molar-refractivity contribution in [2.75, 3.05) is 13.2 Å². The van der Waals surface area contributed by atoms with Crippen LogP contribution in [0.15, 0.2) is 0 Å². The van der Waals surface area contributed by atoms with Gasteiger partial charge in [-0.15, -0.1) is 10.1 Å². The van der Waals surface area contributed by atoms with Crippen molar-refractivity contribution in [1.82, 2.24) is 0 Å². The molecule has 0 aromatic carbocycles. The average molecular weight is 319 g/mol. The van der Waals surface area contributed by atoms with E-state index in [0.717, 1.165) is 6.42 Å². The topological polar surface area (TPSA) is 132 Å². The highest BCUT2D eigenvalue weighted by Crippen LogP contribution is 2.54. The molecular formula is C13H21NO8. The highest BCUT2D eigenvalue weighted by atomic mass is 17.0. The van der Waals surface area contributed by atoms with Crippen LogP contribution in [-0.4, -0.2) is 63.8 Å². The van der Waals surface area contributed by atoms with Gasteiger partial charge in [0.05, 0.1) is 18.6 Å². The van der Waals surface area contributed by atoms with Crippen molar-refractivity contribution in [2.24, 2.45) is 5.41 Å². The number of ether oxygens (including phenoxy) is 2. The average Bonchev–Trinajstić information content (AvgIpc) is 3.02. The van der Waals surface area contributed by atoms with Crippen molar-refractivity contribution in [3.05, 3.63) is 10.1 Å². The van der Waals surface area contributed by atoms with Crippen LogP contribution >= 0.6 is 0 Å². The zero-order valence-corrected chi connectivity index (χ0v) is 12.1. The normalized spacial score (nSPS) is 41.9. The van der Waals surface area contributed by atoms with E-state index in [1.165, 1.54) is 0 Å². The second-order valence-electron chi connectivity index (χ2n) is 6.42. The Morgan fingerprint density at radius 2 is 1.95 bits per heavy atom. The first-order valence-corrected chi connectivity index (χ1v) is 7.54. The fraction of sp³-hybridized carbons (Fsp3) is 1.00. The first-order valence-electron chi connectivity index (χ1n) is 7.54. The Morgan fingerprint density at radius 1 is 1.27 bits per heavy atom. The summed E-state index contributed by atoms with van der Waals surface area (Å²) in [5.74, 6) is 0. The zero-order valence-electron chi connectivity index (χ0n) is 12.1. The third kappa shape index (κ3) is 2.19. The Bertz CT molecular complexity index is 440. The number of nitrogens with zero attached hydrogens (tertiary/aromatic N) is 1. The molecule has 3 rings (SSSR count). The molecule has 3 aliphatic rings. The largest absolute Gasteiger partial charge is 0.388 e. The SMILES string of the molecule is O=[N+]([O-])OC(O)C1([C@@]2(O)CO[C@@H]3[C@H](O)CO[C@@H]32)CCCCC1. The highest BCUT2D eigenvalue weighted by molar-refractivity contribution is 5.14. The fourth-order valence-corrected chi connectivity index (χ4v) is 4.19. The van der Waals surface area contributed by atoms with E-state index in [4.69, 9.17) is 9.47 Å². The smallest absolute Gasteiger partial charge is 0.297 e. The van der Waals surface area contributed by atoms with Crippen LogP contribution in [0, 0.1) is 15.5 Å². The van der Waals surface area contributed by atoms with E-state index in [2.05, 4.69) is 4.84 Å². The molecule has 3 N–H and O–H groups in total. The van der Waals surface area contributed by atoms with Gasteiger partial charge in [0.1, 0.15) is 23.9 Å². The summed E-state index contributed by atoms with van der Waals surface area (Å²) in [4.78, 5) is 15.0. The molecule has 0 aromatic heterocycles. The van der Waals surface area contributed by atoms with Crippen LogP contribution in [0.4, 0.5) is 0 Å². The van der Waals surface area contributed by atoms with Crippen LogP contribution in [0.3, 0.4) is 0 Å². The molecule has 1 saturated carbocycles. The van der Waals surface area contributed by atoms with Crippen molar-refractivity contribution in [3.63, 3.8) is 0 Å². The molecule has 0 aromatic rings. The van der Waals surface area contributed by atoms with E-state index in [1.54, 1.807) is 0 Å². The molecule has 5 atom stereocenters. The van der Waals surface area contributed by atoms with Gasteiger partial charge < -0.3 is 24.8 Å². The maximum Gasteiger partial charge on any atom is 0.297 e. The highest BCUT2D eigenvalue weighted by Gasteiger charge is 2.67. The predicted octanol–water partition coefficient (Wildman–Crippen LogP) is -0.647. The third-order valence-corrected chi connectivity index (χ3v) is 5.36. The van der Waals surface area contributed by atoms with Crippen LogP contribution in [0.5, 0.6) is 0 Å². The fourth-order valence-electron chi connectivity index (χ4n) is 4.19. The standard InChI is InChI=1S/C13H21NO8/c15-8-6-20-10-9(8)21-7-13(10,17)12(4-2-1-3-5-12)11(16)22-14(18)19/h8-11,15-17H,1-7H2/t8-,9-,10+,11?,13-/m1/s1. The van der Waals surface area contributed by atoms with Crippen LogP contribution in [0.2, 0.25) is 0 Å². The molecule has 9 nitrogen and oxygen atoms in total. The monoisotopic (exact) mass is 319 g/mol. The lowest BCUT2D eigenvalue weighted by Gasteiger charge is -2.50. The molecule has 22 heavy (non-hydrogen) atoms. The van der Waals surface area contributed by atoms with E-state index in [-0.39, 0.29) is 13.2 Å². The molecular weight excluding hydrogens is 298 g/mol. The molecule has 9 heteroatoms. The Kier molecular flexibility index (Phi) is 4.02. The molecule has 2 aliphatic heterocycles. The lowest BCUT2D eigenvalue weighted by Crippen LogP contribution is -2.63. The summed E-state index contributed by atoms with van der Waals surface area (Å²) in [6, 6.07) is 0. The van der Waals surface area contributed by atoms with Gasteiger partial charge in [0.2, 0.25) is 6.29 Å². The van der Waals surface area contributed by atoms with E-state index in [1.807, 2.05) is 0 Å². The molecule has 1 aliphatic carbocycles. The number of hydrogen-bond acceptors (Lipinski definition) is 8. The summed E-state index contributed by atoms with van der Waals surface area (Å²) in [5, 5.41) is 40.9. The number of aliphatic hydroxyl groups excluding tert-OH is 2. The maximum atomic E-state index is 11.2. The lowest BCUT2D eigenvalue weighted by molar-refractivity contribution is -0.786. The van der Waals surface area contributed by atoms with Gasteiger partial charge in [-0.25, -0.2) is 0 Å². The number of fused-ring (bicyclic) bond motifs is 1. The minimum absolute atomic E-state index is 0.0277. The van der Waals surface area contributed by atoms with E-state index < -0.39 is 40.7 Å². The maximum absolute atomic E-state index is 11.2. The Labute approximate surface area is 126 Å². The Morgan fingerprint density at radius 3 is 2.59 bits per heavy atom.